The summed E-state index contributed by atoms with van der Waals surface area (Å²) in [5, 5.41) is 34.7. The minimum absolute atomic E-state index is 0.174. The van der Waals surface area contributed by atoms with E-state index in [1.54, 1.807) is 36.4 Å². The summed E-state index contributed by atoms with van der Waals surface area (Å²) in [6, 6.07) is 13.2. The van der Waals surface area contributed by atoms with Crippen LogP contribution in [0.4, 0.5) is 5.82 Å². The summed E-state index contributed by atoms with van der Waals surface area (Å²) in [7, 11) is 0. The molecule has 148 valence electrons. The van der Waals surface area contributed by atoms with Gasteiger partial charge in [-0.2, -0.15) is 10.4 Å². The second-order valence-corrected chi connectivity index (χ2v) is 6.53. The van der Waals surface area contributed by atoms with E-state index < -0.39 is 36.5 Å². The van der Waals surface area contributed by atoms with Crippen LogP contribution >= 0.6 is 0 Å². The van der Waals surface area contributed by atoms with Crippen LogP contribution in [0.25, 0.3) is 5.52 Å². The standard InChI is InChI=1S/C19H17N5O5/c20-9-19(14-7-6-12-17(21)22-10-23-24(12)14)16(26)15(13(8-25)29-19)28-18(27)11-4-2-1-3-5-11/h1-7,10,13,15-16,25-26H,8H2,(H2,21,22,23)/t13-,15-,16-,19?/m1/s1. The largest absolute Gasteiger partial charge is 0.453 e. The summed E-state index contributed by atoms with van der Waals surface area (Å²) in [6.45, 7) is -0.576. The quantitative estimate of drug-likeness (QED) is 0.518. The number of benzene rings is 1. The molecule has 0 amide bonds. The fraction of sp³-hybridized carbons (Fsp3) is 0.263. The first-order chi connectivity index (χ1) is 14.0. The number of nitrogens with zero attached hydrogens (tertiary/aromatic N) is 4. The Morgan fingerprint density at radius 3 is 2.79 bits per heavy atom. The Morgan fingerprint density at radius 2 is 2.10 bits per heavy atom. The van der Waals surface area contributed by atoms with Crippen LogP contribution in [0, 0.1) is 11.3 Å². The maximum absolute atomic E-state index is 12.5. The molecule has 1 aliphatic heterocycles. The third-order valence-electron chi connectivity index (χ3n) is 4.89. The first-order valence-corrected chi connectivity index (χ1v) is 8.74. The molecule has 1 unspecified atom stereocenters. The van der Waals surface area contributed by atoms with E-state index in [2.05, 4.69) is 10.1 Å². The van der Waals surface area contributed by atoms with E-state index in [0.717, 1.165) is 0 Å². The van der Waals surface area contributed by atoms with Gasteiger partial charge in [0.2, 0.25) is 5.60 Å². The number of carbonyl (C=O) groups excluding carboxylic acids is 1. The molecule has 0 saturated carbocycles. The molecule has 10 nitrogen and oxygen atoms in total. The Balaban J connectivity index is 1.73. The van der Waals surface area contributed by atoms with Crippen molar-refractivity contribution in [1.82, 2.24) is 14.6 Å². The van der Waals surface area contributed by atoms with Crippen molar-refractivity contribution < 1.29 is 24.5 Å². The van der Waals surface area contributed by atoms with E-state index in [0.29, 0.717) is 5.52 Å². The van der Waals surface area contributed by atoms with E-state index in [4.69, 9.17) is 15.2 Å². The van der Waals surface area contributed by atoms with Crippen molar-refractivity contribution in [3.05, 3.63) is 60.0 Å². The van der Waals surface area contributed by atoms with Crippen LogP contribution in [0.1, 0.15) is 16.1 Å². The normalized spacial score (nSPS) is 26.3. The monoisotopic (exact) mass is 395 g/mol. The molecule has 0 radical (unpaired) electrons. The van der Waals surface area contributed by atoms with E-state index >= 15 is 0 Å². The molecule has 1 aliphatic rings. The topological polar surface area (TPSA) is 156 Å². The zero-order valence-electron chi connectivity index (χ0n) is 15.0. The molecular weight excluding hydrogens is 378 g/mol. The average molecular weight is 395 g/mol. The lowest BCUT2D eigenvalue weighted by Crippen LogP contribution is -2.43. The van der Waals surface area contributed by atoms with Gasteiger partial charge in [0, 0.05) is 0 Å². The second kappa shape index (κ2) is 7.14. The first kappa shape index (κ1) is 18.8. The number of carbonyl (C=O) groups is 1. The van der Waals surface area contributed by atoms with Gasteiger partial charge in [-0.05, 0) is 24.3 Å². The van der Waals surface area contributed by atoms with Crippen molar-refractivity contribution in [2.24, 2.45) is 0 Å². The number of nitriles is 1. The number of aliphatic hydroxyl groups is 2. The molecule has 3 aromatic rings. The predicted octanol–water partition coefficient (Wildman–Crippen LogP) is 0.00798. The van der Waals surface area contributed by atoms with Gasteiger partial charge in [-0.1, -0.05) is 18.2 Å². The number of rotatable bonds is 4. The van der Waals surface area contributed by atoms with Gasteiger partial charge in [0.15, 0.2) is 11.9 Å². The molecule has 0 bridgehead atoms. The second-order valence-electron chi connectivity index (χ2n) is 6.53. The minimum atomic E-state index is -1.94. The van der Waals surface area contributed by atoms with Crippen molar-refractivity contribution in [2.75, 3.05) is 12.3 Å². The fourth-order valence-corrected chi connectivity index (χ4v) is 3.45. The highest BCUT2D eigenvalue weighted by Gasteiger charge is 2.59. The van der Waals surface area contributed by atoms with Crippen molar-refractivity contribution in [1.29, 1.82) is 5.26 Å². The number of fused-ring (bicyclic) bond motifs is 1. The lowest BCUT2D eigenvalue weighted by molar-refractivity contribution is -0.0649. The number of anilines is 1. The fourth-order valence-electron chi connectivity index (χ4n) is 3.45. The molecule has 2 aromatic heterocycles. The van der Waals surface area contributed by atoms with Crippen LogP contribution in [0.2, 0.25) is 0 Å². The molecule has 1 aromatic carbocycles. The number of nitrogens with two attached hydrogens (primary N) is 1. The molecule has 3 heterocycles. The molecule has 4 rings (SSSR count). The molecular formula is C19H17N5O5. The number of ether oxygens (including phenoxy) is 2. The molecule has 4 atom stereocenters. The van der Waals surface area contributed by atoms with Gasteiger partial charge >= 0.3 is 5.97 Å². The minimum Gasteiger partial charge on any atom is -0.453 e. The Morgan fingerprint density at radius 1 is 1.34 bits per heavy atom. The number of esters is 1. The lowest BCUT2D eigenvalue weighted by atomic mass is 9.92. The molecule has 0 aliphatic carbocycles. The number of hydrogen-bond donors (Lipinski definition) is 3. The summed E-state index contributed by atoms with van der Waals surface area (Å²) in [4.78, 5) is 16.3. The smallest absolute Gasteiger partial charge is 0.338 e. The average Bonchev–Trinajstić information content (AvgIpc) is 3.30. The first-order valence-electron chi connectivity index (χ1n) is 8.74. The number of aliphatic hydroxyl groups excluding tert-OH is 2. The van der Waals surface area contributed by atoms with Crippen LogP contribution in [0.15, 0.2) is 48.8 Å². The third-order valence-corrected chi connectivity index (χ3v) is 4.89. The van der Waals surface area contributed by atoms with Crippen molar-refractivity contribution >= 4 is 17.3 Å². The highest BCUT2D eigenvalue weighted by Crippen LogP contribution is 2.41. The van der Waals surface area contributed by atoms with Gasteiger partial charge < -0.3 is 25.4 Å². The van der Waals surface area contributed by atoms with E-state index in [-0.39, 0.29) is 17.1 Å². The van der Waals surface area contributed by atoms with Crippen molar-refractivity contribution in [3.8, 4) is 6.07 Å². The molecule has 0 spiro atoms. The van der Waals surface area contributed by atoms with Crippen molar-refractivity contribution in [3.63, 3.8) is 0 Å². The Bertz CT molecular complexity index is 1100. The number of nitrogen functional groups attached to an aromatic ring is 1. The zero-order chi connectivity index (χ0) is 20.6. The van der Waals surface area contributed by atoms with E-state index in [1.807, 2.05) is 6.07 Å². The summed E-state index contributed by atoms with van der Waals surface area (Å²) in [5.74, 6) is -0.533. The predicted molar refractivity (Wildman–Crippen MR) is 98.3 cm³/mol. The van der Waals surface area contributed by atoms with Crippen LogP contribution in [0.3, 0.4) is 0 Å². The SMILES string of the molecule is N#CC1(c2ccc3c(N)ncnn23)O[C@H](CO)[C@@H](OC(=O)c2ccccc2)[C@H]1O. The van der Waals surface area contributed by atoms with Gasteiger partial charge in [-0.25, -0.2) is 14.3 Å². The Kier molecular flexibility index (Phi) is 4.63. The van der Waals surface area contributed by atoms with E-state index in [1.165, 1.54) is 16.9 Å². The summed E-state index contributed by atoms with van der Waals surface area (Å²) in [6.07, 6.45) is -2.79. The Hall–Kier alpha value is -3.52. The maximum atomic E-state index is 12.5. The Labute approximate surface area is 164 Å². The summed E-state index contributed by atoms with van der Waals surface area (Å²) >= 11 is 0. The van der Waals surface area contributed by atoms with Crippen LogP contribution in [0.5, 0.6) is 0 Å². The van der Waals surface area contributed by atoms with E-state index in [9.17, 15) is 20.3 Å². The number of hydrogen-bond acceptors (Lipinski definition) is 9. The zero-order valence-corrected chi connectivity index (χ0v) is 15.0. The highest BCUT2D eigenvalue weighted by atomic mass is 16.6. The van der Waals surface area contributed by atoms with Crippen LogP contribution < -0.4 is 5.73 Å². The maximum Gasteiger partial charge on any atom is 0.338 e. The van der Waals surface area contributed by atoms with Crippen LogP contribution in [-0.2, 0) is 15.1 Å². The molecule has 1 saturated heterocycles. The van der Waals surface area contributed by atoms with Gasteiger partial charge in [-0.15, -0.1) is 0 Å². The highest BCUT2D eigenvalue weighted by molar-refractivity contribution is 5.89. The van der Waals surface area contributed by atoms with Gasteiger partial charge in [0.25, 0.3) is 0 Å². The summed E-state index contributed by atoms with van der Waals surface area (Å²) < 4.78 is 12.5. The molecule has 10 heteroatoms. The van der Waals surface area contributed by atoms with Gasteiger partial charge in [0.1, 0.15) is 30.1 Å². The van der Waals surface area contributed by atoms with Gasteiger partial charge in [-0.3, -0.25) is 0 Å². The number of aromatic nitrogens is 3. The lowest BCUT2D eigenvalue weighted by Gasteiger charge is -2.24. The van der Waals surface area contributed by atoms with Crippen molar-refractivity contribution in [2.45, 2.75) is 23.9 Å². The summed E-state index contributed by atoms with van der Waals surface area (Å²) in [5.41, 5.74) is 4.74. The van der Waals surface area contributed by atoms with Crippen LogP contribution in [-0.4, -0.2) is 55.7 Å². The van der Waals surface area contributed by atoms with Gasteiger partial charge in [0.05, 0.1) is 17.9 Å². The molecule has 29 heavy (non-hydrogen) atoms. The third kappa shape index (κ3) is 2.89. The molecule has 1 fully saturated rings. The molecule has 4 N–H and O–H groups in total.